The average molecular weight is 248 g/mol. The zero-order valence-electron chi connectivity index (χ0n) is 8.48. The van der Waals surface area contributed by atoms with Crippen molar-refractivity contribution in [3.63, 3.8) is 0 Å². The van der Waals surface area contributed by atoms with Crippen molar-refractivity contribution in [2.24, 2.45) is 0 Å². The van der Waals surface area contributed by atoms with Gasteiger partial charge in [-0.2, -0.15) is 5.26 Å². The molecule has 0 aliphatic rings. The Hall–Kier alpha value is -1.64. The molecule has 0 amide bonds. The number of nitriles is 1. The van der Waals surface area contributed by atoms with Gasteiger partial charge in [0.1, 0.15) is 22.6 Å². The molecule has 3 nitrogen and oxygen atoms in total. The lowest BCUT2D eigenvalue weighted by Crippen LogP contribution is -1.90. The van der Waals surface area contributed by atoms with Crippen molar-refractivity contribution in [1.29, 1.82) is 5.26 Å². The Balaban J connectivity index is 2.74. The van der Waals surface area contributed by atoms with Gasteiger partial charge in [-0.15, -0.1) is 11.3 Å². The van der Waals surface area contributed by atoms with E-state index < -0.39 is 0 Å². The van der Waals surface area contributed by atoms with E-state index >= 15 is 0 Å². The fourth-order valence-electron chi connectivity index (χ4n) is 1.40. The van der Waals surface area contributed by atoms with Gasteiger partial charge in [-0.05, 0) is 25.1 Å². The highest BCUT2D eigenvalue weighted by atomic mass is 32.1. The standard InChI is InChI=1S/C11H8N2OS2/c1-6-2-3-9(14-6)7-4-10(15)16-11(13)8(7)5-12/h2-4H,13H2,1H3. The number of anilines is 1. The van der Waals surface area contributed by atoms with Crippen LogP contribution in [0.1, 0.15) is 11.3 Å². The van der Waals surface area contributed by atoms with Crippen LogP contribution in [0.5, 0.6) is 0 Å². The van der Waals surface area contributed by atoms with Crippen LogP contribution < -0.4 is 5.73 Å². The fraction of sp³-hybridized carbons (Fsp3) is 0.0909. The van der Waals surface area contributed by atoms with Gasteiger partial charge in [-0.25, -0.2) is 0 Å². The van der Waals surface area contributed by atoms with Crippen LogP contribution in [0.25, 0.3) is 11.3 Å². The number of nitrogens with zero attached hydrogens (tertiary/aromatic N) is 1. The molecule has 5 heteroatoms. The lowest BCUT2D eigenvalue weighted by molar-refractivity contribution is 0.548. The molecule has 0 aliphatic heterocycles. The van der Waals surface area contributed by atoms with E-state index in [1.807, 2.05) is 19.1 Å². The first-order valence-corrected chi connectivity index (χ1v) is 5.75. The third-order valence-corrected chi connectivity index (χ3v) is 3.22. The van der Waals surface area contributed by atoms with E-state index in [0.29, 0.717) is 25.7 Å². The smallest absolute Gasteiger partial charge is 0.135 e. The molecule has 0 radical (unpaired) electrons. The van der Waals surface area contributed by atoms with Crippen molar-refractivity contribution in [2.75, 3.05) is 5.73 Å². The maximum absolute atomic E-state index is 9.06. The first-order valence-electron chi connectivity index (χ1n) is 4.52. The monoisotopic (exact) mass is 248 g/mol. The molecule has 16 heavy (non-hydrogen) atoms. The predicted molar refractivity (Wildman–Crippen MR) is 66.7 cm³/mol. The lowest BCUT2D eigenvalue weighted by Gasteiger charge is -2.02. The number of hydrogen-bond donors (Lipinski definition) is 1. The minimum atomic E-state index is 0.424. The van der Waals surface area contributed by atoms with Crippen molar-refractivity contribution in [3.8, 4) is 17.4 Å². The van der Waals surface area contributed by atoms with Gasteiger partial charge in [-0.3, -0.25) is 0 Å². The minimum Gasteiger partial charge on any atom is -0.461 e. The molecule has 2 N–H and O–H groups in total. The van der Waals surface area contributed by atoms with Gasteiger partial charge >= 0.3 is 0 Å². The number of aryl methyl sites for hydroxylation is 1. The Morgan fingerprint density at radius 2 is 2.25 bits per heavy atom. The van der Waals surface area contributed by atoms with Gasteiger partial charge in [0.25, 0.3) is 0 Å². The maximum Gasteiger partial charge on any atom is 0.135 e. The third kappa shape index (κ3) is 1.85. The van der Waals surface area contributed by atoms with E-state index in [4.69, 9.17) is 27.6 Å². The molecule has 0 aromatic carbocycles. The van der Waals surface area contributed by atoms with Crippen LogP contribution in [0.4, 0.5) is 5.00 Å². The van der Waals surface area contributed by atoms with Crippen LogP contribution in [-0.2, 0) is 0 Å². The molecular weight excluding hydrogens is 240 g/mol. The van der Waals surface area contributed by atoms with E-state index in [2.05, 4.69) is 6.07 Å². The highest BCUT2D eigenvalue weighted by molar-refractivity contribution is 7.73. The summed E-state index contributed by atoms with van der Waals surface area (Å²) in [5.74, 6) is 1.41. The summed E-state index contributed by atoms with van der Waals surface area (Å²) in [4.78, 5) is 0. The lowest BCUT2D eigenvalue weighted by atomic mass is 10.1. The first kappa shape index (κ1) is 10.9. The Bertz CT molecular complexity index is 634. The largest absolute Gasteiger partial charge is 0.461 e. The molecule has 0 atom stereocenters. The molecule has 0 saturated carbocycles. The van der Waals surface area contributed by atoms with Gasteiger partial charge in [0.05, 0.1) is 9.39 Å². The van der Waals surface area contributed by atoms with Gasteiger partial charge < -0.3 is 10.2 Å². The van der Waals surface area contributed by atoms with Crippen molar-refractivity contribution in [1.82, 2.24) is 0 Å². The second-order valence-corrected chi connectivity index (χ2v) is 5.02. The van der Waals surface area contributed by atoms with Gasteiger partial charge in [0.15, 0.2) is 0 Å². The highest BCUT2D eigenvalue weighted by Crippen LogP contribution is 2.31. The molecule has 2 aromatic heterocycles. The van der Waals surface area contributed by atoms with Crippen molar-refractivity contribution in [3.05, 3.63) is 33.3 Å². The molecule has 2 heterocycles. The molecule has 0 spiro atoms. The van der Waals surface area contributed by atoms with Crippen molar-refractivity contribution >= 4 is 28.6 Å². The fourth-order valence-corrected chi connectivity index (χ4v) is 2.44. The van der Waals surface area contributed by atoms with E-state index in [0.717, 1.165) is 5.76 Å². The number of nitrogen functional groups attached to an aromatic ring is 1. The minimum absolute atomic E-state index is 0.424. The van der Waals surface area contributed by atoms with Crippen LogP contribution in [0.2, 0.25) is 0 Å². The average Bonchev–Trinajstić information content (AvgIpc) is 2.63. The van der Waals surface area contributed by atoms with Crippen LogP contribution in [0.15, 0.2) is 22.6 Å². The number of furan rings is 1. The van der Waals surface area contributed by atoms with E-state index in [1.54, 1.807) is 6.07 Å². The second-order valence-electron chi connectivity index (χ2n) is 3.24. The number of nitrogens with two attached hydrogens (primary N) is 1. The molecule has 0 saturated heterocycles. The zero-order valence-corrected chi connectivity index (χ0v) is 10.1. The maximum atomic E-state index is 9.06. The van der Waals surface area contributed by atoms with E-state index in [9.17, 15) is 0 Å². The van der Waals surface area contributed by atoms with Gasteiger partial charge in [0.2, 0.25) is 0 Å². The summed E-state index contributed by atoms with van der Waals surface area (Å²) in [6, 6.07) is 7.47. The molecule has 2 aromatic rings. The van der Waals surface area contributed by atoms with Crippen molar-refractivity contribution in [2.45, 2.75) is 6.92 Å². The number of rotatable bonds is 1. The Morgan fingerprint density at radius 3 is 2.81 bits per heavy atom. The Morgan fingerprint density at radius 1 is 1.50 bits per heavy atom. The summed E-state index contributed by atoms with van der Waals surface area (Å²) in [6.07, 6.45) is 0. The van der Waals surface area contributed by atoms with Gasteiger partial charge in [0, 0.05) is 5.56 Å². The van der Waals surface area contributed by atoms with E-state index in [-0.39, 0.29) is 0 Å². The Kier molecular flexibility index (Phi) is 2.77. The zero-order chi connectivity index (χ0) is 11.7. The molecule has 0 bridgehead atoms. The molecule has 80 valence electrons. The Labute approximate surface area is 102 Å². The number of hydrogen-bond acceptors (Lipinski definition) is 5. The van der Waals surface area contributed by atoms with Crippen LogP contribution >= 0.6 is 23.6 Å². The molecule has 0 aliphatic carbocycles. The summed E-state index contributed by atoms with van der Waals surface area (Å²) >= 11 is 6.32. The summed E-state index contributed by atoms with van der Waals surface area (Å²) in [5, 5.41) is 9.49. The van der Waals surface area contributed by atoms with Crippen LogP contribution in [0, 0.1) is 22.1 Å². The third-order valence-electron chi connectivity index (χ3n) is 2.11. The van der Waals surface area contributed by atoms with Gasteiger partial charge in [-0.1, -0.05) is 12.2 Å². The molecular formula is C11H8N2OS2. The normalized spacial score (nSPS) is 10.0. The van der Waals surface area contributed by atoms with E-state index in [1.165, 1.54) is 11.3 Å². The molecule has 2 rings (SSSR count). The van der Waals surface area contributed by atoms with Crippen LogP contribution in [0.3, 0.4) is 0 Å². The quantitative estimate of drug-likeness (QED) is 0.784. The first-order chi connectivity index (χ1) is 7.61. The summed E-state index contributed by atoms with van der Waals surface area (Å²) in [5.41, 5.74) is 6.85. The van der Waals surface area contributed by atoms with Crippen molar-refractivity contribution < 1.29 is 4.42 Å². The SMILES string of the molecule is Cc1ccc(-c2cc(=S)sc(N)c2C#N)o1. The molecule has 0 fully saturated rings. The van der Waals surface area contributed by atoms with Crippen LogP contribution in [-0.4, -0.2) is 0 Å². The highest BCUT2D eigenvalue weighted by Gasteiger charge is 2.12. The molecule has 0 unspecified atom stereocenters. The summed E-state index contributed by atoms with van der Waals surface area (Å²) in [6.45, 7) is 1.85. The second kappa shape index (κ2) is 4.08. The summed E-state index contributed by atoms with van der Waals surface area (Å²) < 4.78 is 6.11. The predicted octanol–water partition coefficient (Wildman–Crippen LogP) is 3.50. The topological polar surface area (TPSA) is 63.0 Å². The summed E-state index contributed by atoms with van der Waals surface area (Å²) in [7, 11) is 0.